The fourth-order valence-electron chi connectivity index (χ4n) is 3.92. The first-order valence-electron chi connectivity index (χ1n) is 11.3. The number of hydrogen-bond donors (Lipinski definition) is 2. The van der Waals surface area contributed by atoms with Crippen molar-refractivity contribution in [1.29, 1.82) is 0 Å². The van der Waals surface area contributed by atoms with Crippen LogP contribution in [0.1, 0.15) is 49.3 Å². The molecular weight excluding hydrogens is 438 g/mol. The Kier molecular flexibility index (Phi) is 7.92. The molecule has 33 heavy (non-hydrogen) atoms. The molecule has 1 fully saturated rings. The topological polar surface area (TPSA) is 95.6 Å². The van der Waals surface area contributed by atoms with Gasteiger partial charge in [-0.05, 0) is 67.5 Å². The Morgan fingerprint density at radius 1 is 1.03 bits per heavy atom. The van der Waals surface area contributed by atoms with E-state index in [-0.39, 0.29) is 42.3 Å². The second-order valence-electron chi connectivity index (χ2n) is 8.92. The van der Waals surface area contributed by atoms with E-state index in [9.17, 15) is 18.0 Å². The number of benzene rings is 2. The number of sulfonamides is 1. The van der Waals surface area contributed by atoms with Crippen molar-refractivity contribution in [2.24, 2.45) is 5.92 Å². The fourth-order valence-corrected chi connectivity index (χ4v) is 5.39. The van der Waals surface area contributed by atoms with Gasteiger partial charge in [0, 0.05) is 24.7 Å². The number of anilines is 1. The van der Waals surface area contributed by atoms with Crippen molar-refractivity contribution >= 4 is 27.5 Å². The number of piperidine rings is 1. The summed E-state index contributed by atoms with van der Waals surface area (Å²) >= 11 is 0. The summed E-state index contributed by atoms with van der Waals surface area (Å²) in [4.78, 5) is 25.1. The molecule has 0 bridgehead atoms. The molecule has 2 aromatic carbocycles. The smallest absolute Gasteiger partial charge is 0.243 e. The molecule has 0 atom stereocenters. The van der Waals surface area contributed by atoms with Gasteiger partial charge in [-0.15, -0.1) is 0 Å². The minimum Gasteiger partial charge on any atom is -0.347 e. The molecule has 0 spiro atoms. The van der Waals surface area contributed by atoms with E-state index in [1.807, 2.05) is 44.2 Å². The van der Waals surface area contributed by atoms with E-state index in [0.717, 1.165) is 22.4 Å². The zero-order valence-corrected chi connectivity index (χ0v) is 20.5. The third kappa shape index (κ3) is 6.00. The van der Waals surface area contributed by atoms with Gasteiger partial charge < -0.3 is 10.6 Å². The SMILES string of the molecule is Cc1cccc(NC(=O)CNC(=O)C2CCN(S(=O)(=O)c3ccc(C(C)C)cc3)CC2)c1C. The lowest BCUT2D eigenvalue weighted by Crippen LogP contribution is -2.44. The average molecular weight is 472 g/mol. The van der Waals surface area contributed by atoms with Gasteiger partial charge in [0.15, 0.2) is 0 Å². The maximum absolute atomic E-state index is 13.0. The maximum atomic E-state index is 13.0. The van der Waals surface area contributed by atoms with E-state index < -0.39 is 10.0 Å². The Hall–Kier alpha value is -2.71. The third-order valence-electron chi connectivity index (χ3n) is 6.31. The van der Waals surface area contributed by atoms with Crippen LogP contribution in [0.25, 0.3) is 0 Å². The monoisotopic (exact) mass is 471 g/mol. The van der Waals surface area contributed by atoms with Crippen LogP contribution in [-0.2, 0) is 19.6 Å². The minimum absolute atomic E-state index is 0.118. The molecule has 2 amide bonds. The highest BCUT2D eigenvalue weighted by molar-refractivity contribution is 7.89. The quantitative estimate of drug-likeness (QED) is 0.645. The molecule has 0 aromatic heterocycles. The molecule has 1 heterocycles. The van der Waals surface area contributed by atoms with Crippen molar-refractivity contribution in [2.75, 3.05) is 25.0 Å². The molecule has 0 aliphatic carbocycles. The highest BCUT2D eigenvalue weighted by Crippen LogP contribution is 2.25. The number of nitrogens with zero attached hydrogens (tertiary/aromatic N) is 1. The van der Waals surface area contributed by atoms with Gasteiger partial charge in [-0.1, -0.05) is 38.1 Å². The van der Waals surface area contributed by atoms with Crippen LogP contribution in [0, 0.1) is 19.8 Å². The average Bonchev–Trinajstić information content (AvgIpc) is 2.80. The summed E-state index contributed by atoms with van der Waals surface area (Å²) in [6.45, 7) is 8.47. The predicted octanol–water partition coefficient (Wildman–Crippen LogP) is 3.58. The zero-order valence-electron chi connectivity index (χ0n) is 19.7. The van der Waals surface area contributed by atoms with Crippen LogP contribution in [0.3, 0.4) is 0 Å². The lowest BCUT2D eigenvalue weighted by molar-refractivity contribution is -0.128. The number of nitrogens with one attached hydrogen (secondary N) is 2. The molecule has 178 valence electrons. The van der Waals surface area contributed by atoms with E-state index in [4.69, 9.17) is 0 Å². The van der Waals surface area contributed by atoms with Gasteiger partial charge in [0.1, 0.15) is 0 Å². The molecule has 2 aromatic rings. The molecule has 8 heteroatoms. The van der Waals surface area contributed by atoms with Gasteiger partial charge in [-0.25, -0.2) is 8.42 Å². The normalized spacial score (nSPS) is 15.4. The van der Waals surface area contributed by atoms with Gasteiger partial charge in [-0.3, -0.25) is 9.59 Å². The number of aryl methyl sites for hydroxylation is 1. The van der Waals surface area contributed by atoms with Crippen molar-refractivity contribution in [3.05, 3.63) is 59.2 Å². The lowest BCUT2D eigenvalue weighted by atomic mass is 9.97. The number of carbonyl (C=O) groups excluding carboxylic acids is 2. The molecule has 0 saturated carbocycles. The summed E-state index contributed by atoms with van der Waals surface area (Å²) in [5.74, 6) is -0.487. The highest BCUT2D eigenvalue weighted by Gasteiger charge is 2.32. The van der Waals surface area contributed by atoms with Crippen LogP contribution < -0.4 is 10.6 Å². The number of hydrogen-bond acceptors (Lipinski definition) is 4. The zero-order chi connectivity index (χ0) is 24.2. The Bertz CT molecular complexity index is 1100. The van der Waals surface area contributed by atoms with E-state index in [1.165, 1.54) is 4.31 Å². The second-order valence-corrected chi connectivity index (χ2v) is 10.9. The van der Waals surface area contributed by atoms with Crippen molar-refractivity contribution < 1.29 is 18.0 Å². The number of rotatable bonds is 7. The highest BCUT2D eigenvalue weighted by atomic mass is 32.2. The molecule has 0 radical (unpaired) electrons. The van der Waals surface area contributed by atoms with E-state index in [2.05, 4.69) is 24.5 Å². The van der Waals surface area contributed by atoms with Crippen LogP contribution in [0.4, 0.5) is 5.69 Å². The maximum Gasteiger partial charge on any atom is 0.243 e. The summed E-state index contributed by atoms with van der Waals surface area (Å²) in [6, 6.07) is 12.7. The molecule has 0 unspecified atom stereocenters. The number of carbonyl (C=O) groups is 2. The molecule has 2 N–H and O–H groups in total. The van der Waals surface area contributed by atoms with Gasteiger partial charge >= 0.3 is 0 Å². The Morgan fingerprint density at radius 2 is 1.67 bits per heavy atom. The van der Waals surface area contributed by atoms with Gasteiger partial charge in [0.2, 0.25) is 21.8 Å². The first-order valence-corrected chi connectivity index (χ1v) is 12.8. The van der Waals surface area contributed by atoms with Crippen LogP contribution in [0.5, 0.6) is 0 Å². The van der Waals surface area contributed by atoms with E-state index >= 15 is 0 Å². The van der Waals surface area contributed by atoms with Crippen LogP contribution >= 0.6 is 0 Å². The molecule has 3 rings (SSSR count). The molecule has 7 nitrogen and oxygen atoms in total. The first kappa shape index (κ1) is 24.9. The third-order valence-corrected chi connectivity index (χ3v) is 8.22. The summed E-state index contributed by atoms with van der Waals surface area (Å²) in [7, 11) is -3.58. The van der Waals surface area contributed by atoms with Gasteiger partial charge in [0.25, 0.3) is 0 Å². The molecule has 1 saturated heterocycles. The summed E-state index contributed by atoms with van der Waals surface area (Å²) in [5, 5.41) is 5.51. The second kappa shape index (κ2) is 10.5. The van der Waals surface area contributed by atoms with E-state index in [0.29, 0.717) is 18.8 Å². The molecular formula is C25H33N3O4S. The lowest BCUT2D eigenvalue weighted by Gasteiger charge is -2.30. The first-order chi connectivity index (χ1) is 15.6. The van der Waals surface area contributed by atoms with Gasteiger partial charge in [-0.2, -0.15) is 4.31 Å². The van der Waals surface area contributed by atoms with Crippen LogP contribution in [0.2, 0.25) is 0 Å². The Labute approximate surface area is 196 Å². The van der Waals surface area contributed by atoms with Crippen molar-refractivity contribution in [1.82, 2.24) is 9.62 Å². The summed E-state index contributed by atoms with van der Waals surface area (Å²) in [6.07, 6.45) is 0.849. The molecule has 1 aliphatic heterocycles. The number of amides is 2. The van der Waals surface area contributed by atoms with E-state index in [1.54, 1.807) is 12.1 Å². The largest absolute Gasteiger partial charge is 0.347 e. The fraction of sp³-hybridized carbons (Fsp3) is 0.440. The van der Waals surface area contributed by atoms with Crippen molar-refractivity contribution in [3.8, 4) is 0 Å². The standard InChI is InChI=1S/C25H33N3O4S/c1-17(2)20-8-10-22(11-9-20)33(31,32)28-14-12-21(13-15-28)25(30)26-16-24(29)27-23-7-5-6-18(3)19(23)4/h5-11,17,21H,12-16H2,1-4H3,(H,26,30)(H,27,29). The van der Waals surface area contributed by atoms with Crippen molar-refractivity contribution in [2.45, 2.75) is 51.3 Å². The van der Waals surface area contributed by atoms with Crippen molar-refractivity contribution in [3.63, 3.8) is 0 Å². The summed E-state index contributed by atoms with van der Waals surface area (Å²) < 4.78 is 27.4. The van der Waals surface area contributed by atoms with Gasteiger partial charge in [0.05, 0.1) is 11.4 Å². The predicted molar refractivity (Wildman–Crippen MR) is 130 cm³/mol. The molecule has 1 aliphatic rings. The van der Waals surface area contributed by atoms with Crippen LogP contribution in [-0.4, -0.2) is 44.2 Å². The Balaban J connectivity index is 1.50. The summed E-state index contributed by atoms with van der Waals surface area (Å²) in [5.41, 5.74) is 3.89. The minimum atomic E-state index is -3.58. The van der Waals surface area contributed by atoms with Crippen LogP contribution in [0.15, 0.2) is 47.4 Å². The Morgan fingerprint density at radius 3 is 2.27 bits per heavy atom.